The van der Waals surface area contributed by atoms with E-state index in [1.54, 1.807) is 0 Å². The van der Waals surface area contributed by atoms with Gasteiger partial charge in [-0.2, -0.15) is 0 Å². The fourth-order valence-electron chi connectivity index (χ4n) is 2.72. The zero-order chi connectivity index (χ0) is 11.5. The monoisotopic (exact) mass is 222 g/mol. The summed E-state index contributed by atoms with van der Waals surface area (Å²) in [6.07, 6.45) is 7.25. The van der Waals surface area contributed by atoms with Crippen LogP contribution in [-0.4, -0.2) is 29.9 Å². The average molecular weight is 222 g/mol. The summed E-state index contributed by atoms with van der Waals surface area (Å²) in [5.41, 5.74) is 7.19. The number of hydrogen-bond acceptors (Lipinski definition) is 2. The van der Waals surface area contributed by atoms with E-state index in [2.05, 4.69) is 13.0 Å². The average Bonchev–Trinajstić information content (AvgIpc) is 2.29. The van der Waals surface area contributed by atoms with Gasteiger partial charge in [0.1, 0.15) is 0 Å². The number of nitrogens with zero attached hydrogens (tertiary/aromatic N) is 1. The summed E-state index contributed by atoms with van der Waals surface area (Å²) >= 11 is 0. The molecule has 1 saturated carbocycles. The molecule has 90 valence electrons. The van der Waals surface area contributed by atoms with Gasteiger partial charge in [0.2, 0.25) is 5.91 Å². The molecule has 2 aliphatic rings. The van der Waals surface area contributed by atoms with Gasteiger partial charge >= 0.3 is 0 Å². The first-order valence-electron chi connectivity index (χ1n) is 6.37. The van der Waals surface area contributed by atoms with Crippen molar-refractivity contribution in [1.82, 2.24) is 4.90 Å². The van der Waals surface area contributed by atoms with Crippen molar-refractivity contribution in [2.45, 2.75) is 45.1 Å². The van der Waals surface area contributed by atoms with Gasteiger partial charge < -0.3 is 10.6 Å². The minimum absolute atomic E-state index is 0.241. The van der Waals surface area contributed by atoms with E-state index in [0.29, 0.717) is 11.9 Å². The Hall–Kier alpha value is -0.830. The van der Waals surface area contributed by atoms with Crippen LogP contribution in [0.4, 0.5) is 0 Å². The van der Waals surface area contributed by atoms with Crippen LogP contribution in [0.5, 0.6) is 0 Å². The van der Waals surface area contributed by atoms with Gasteiger partial charge in [0, 0.05) is 25.0 Å². The first-order valence-corrected chi connectivity index (χ1v) is 6.37. The Morgan fingerprint density at radius 2 is 2.06 bits per heavy atom. The molecule has 2 N–H and O–H groups in total. The van der Waals surface area contributed by atoms with Crippen molar-refractivity contribution in [2.24, 2.45) is 11.7 Å². The van der Waals surface area contributed by atoms with Crippen molar-refractivity contribution in [3.63, 3.8) is 0 Å². The quantitative estimate of drug-likeness (QED) is 0.686. The molecule has 0 unspecified atom stereocenters. The number of carbonyl (C=O) groups excluding carboxylic acids is 1. The molecule has 1 heterocycles. The molecule has 1 aliphatic carbocycles. The number of carbonyl (C=O) groups is 1. The van der Waals surface area contributed by atoms with Gasteiger partial charge in [-0.3, -0.25) is 4.79 Å². The molecule has 0 saturated heterocycles. The number of nitrogens with two attached hydrogens (primary N) is 1. The lowest BCUT2D eigenvalue weighted by Crippen LogP contribution is -2.41. The van der Waals surface area contributed by atoms with Crippen molar-refractivity contribution in [1.29, 1.82) is 0 Å². The Morgan fingerprint density at radius 3 is 2.69 bits per heavy atom. The smallest absolute Gasteiger partial charge is 0.225 e. The van der Waals surface area contributed by atoms with Gasteiger partial charge in [0.15, 0.2) is 0 Å². The van der Waals surface area contributed by atoms with Crippen LogP contribution in [-0.2, 0) is 4.79 Å². The molecule has 16 heavy (non-hydrogen) atoms. The molecule has 3 nitrogen and oxygen atoms in total. The van der Waals surface area contributed by atoms with Crippen molar-refractivity contribution in [3.8, 4) is 0 Å². The van der Waals surface area contributed by atoms with Crippen molar-refractivity contribution in [3.05, 3.63) is 11.6 Å². The van der Waals surface area contributed by atoms with Crippen LogP contribution in [0, 0.1) is 5.92 Å². The Morgan fingerprint density at radius 1 is 1.38 bits per heavy atom. The maximum Gasteiger partial charge on any atom is 0.225 e. The third-order valence-corrected chi connectivity index (χ3v) is 3.76. The van der Waals surface area contributed by atoms with Crippen LogP contribution in [0.15, 0.2) is 11.6 Å². The maximum atomic E-state index is 12.3. The number of hydrogen-bond donors (Lipinski definition) is 1. The highest BCUT2D eigenvalue weighted by atomic mass is 16.2. The van der Waals surface area contributed by atoms with Crippen molar-refractivity contribution in [2.75, 3.05) is 13.1 Å². The van der Waals surface area contributed by atoms with Crippen LogP contribution in [0.2, 0.25) is 0 Å². The van der Waals surface area contributed by atoms with E-state index in [1.165, 1.54) is 5.57 Å². The molecule has 0 radical (unpaired) electrons. The molecular weight excluding hydrogens is 200 g/mol. The highest BCUT2D eigenvalue weighted by Crippen LogP contribution is 2.26. The van der Waals surface area contributed by atoms with Gasteiger partial charge in [-0.15, -0.1) is 0 Å². The largest absolute Gasteiger partial charge is 0.338 e. The SMILES string of the molecule is CC1=CCCN(C(=O)C2CCC(N)CC2)C1. The highest BCUT2D eigenvalue weighted by Gasteiger charge is 2.28. The third-order valence-electron chi connectivity index (χ3n) is 3.76. The molecular formula is C13H22N2O. The molecule has 2 rings (SSSR count). The van der Waals surface area contributed by atoms with Crippen LogP contribution < -0.4 is 5.73 Å². The molecule has 0 bridgehead atoms. The second-order valence-electron chi connectivity index (χ2n) is 5.21. The zero-order valence-electron chi connectivity index (χ0n) is 10.1. The van der Waals surface area contributed by atoms with Gasteiger partial charge in [-0.05, 0) is 39.0 Å². The Kier molecular flexibility index (Phi) is 3.64. The normalized spacial score (nSPS) is 31.1. The van der Waals surface area contributed by atoms with E-state index >= 15 is 0 Å². The van der Waals surface area contributed by atoms with Crippen LogP contribution in [0.3, 0.4) is 0 Å². The molecule has 1 aliphatic heterocycles. The molecule has 0 aromatic rings. The van der Waals surface area contributed by atoms with Gasteiger partial charge in [0.05, 0.1) is 0 Å². The summed E-state index contributed by atoms with van der Waals surface area (Å²) in [7, 11) is 0. The minimum Gasteiger partial charge on any atom is -0.338 e. The standard InChI is InChI=1S/C13H22N2O/c1-10-3-2-8-15(9-10)13(16)11-4-6-12(14)7-5-11/h3,11-12H,2,4-9,14H2,1H3. The Labute approximate surface area is 97.7 Å². The number of rotatable bonds is 1. The van der Waals surface area contributed by atoms with E-state index in [4.69, 9.17) is 5.73 Å². The van der Waals surface area contributed by atoms with Crippen LogP contribution in [0.1, 0.15) is 39.0 Å². The fraction of sp³-hybridized carbons (Fsp3) is 0.769. The fourth-order valence-corrected chi connectivity index (χ4v) is 2.72. The summed E-state index contributed by atoms with van der Waals surface area (Å²) < 4.78 is 0. The summed E-state index contributed by atoms with van der Waals surface area (Å²) in [5, 5.41) is 0. The van der Waals surface area contributed by atoms with E-state index in [-0.39, 0.29) is 5.92 Å². The van der Waals surface area contributed by atoms with Gasteiger partial charge in [-0.25, -0.2) is 0 Å². The third kappa shape index (κ3) is 2.64. The Bertz CT molecular complexity index is 290. The lowest BCUT2D eigenvalue weighted by Gasteiger charge is -2.32. The van der Waals surface area contributed by atoms with E-state index < -0.39 is 0 Å². The lowest BCUT2D eigenvalue weighted by atomic mass is 9.85. The molecule has 1 fully saturated rings. The highest BCUT2D eigenvalue weighted by molar-refractivity contribution is 5.79. The van der Waals surface area contributed by atoms with Gasteiger partial charge in [-0.1, -0.05) is 11.6 Å². The predicted molar refractivity (Wildman–Crippen MR) is 64.9 cm³/mol. The Balaban J connectivity index is 1.90. The zero-order valence-corrected chi connectivity index (χ0v) is 10.1. The van der Waals surface area contributed by atoms with Gasteiger partial charge in [0.25, 0.3) is 0 Å². The summed E-state index contributed by atoms with van der Waals surface area (Å²) in [4.78, 5) is 14.3. The lowest BCUT2D eigenvalue weighted by molar-refractivity contribution is -0.136. The van der Waals surface area contributed by atoms with Crippen molar-refractivity contribution >= 4 is 5.91 Å². The van der Waals surface area contributed by atoms with E-state index in [0.717, 1.165) is 45.2 Å². The second-order valence-corrected chi connectivity index (χ2v) is 5.21. The number of amides is 1. The topological polar surface area (TPSA) is 46.3 Å². The molecule has 0 spiro atoms. The minimum atomic E-state index is 0.241. The van der Waals surface area contributed by atoms with Crippen molar-refractivity contribution < 1.29 is 4.79 Å². The molecule has 0 aromatic heterocycles. The molecule has 3 heteroatoms. The first-order chi connectivity index (χ1) is 7.66. The first kappa shape index (κ1) is 11.6. The molecule has 0 aromatic carbocycles. The van der Waals surface area contributed by atoms with Crippen LogP contribution >= 0.6 is 0 Å². The van der Waals surface area contributed by atoms with E-state index in [9.17, 15) is 4.79 Å². The summed E-state index contributed by atoms with van der Waals surface area (Å²) in [6.45, 7) is 3.84. The maximum absolute atomic E-state index is 12.3. The second kappa shape index (κ2) is 5.00. The predicted octanol–water partition coefficient (Wildman–Crippen LogP) is 1.68. The summed E-state index contributed by atoms with van der Waals surface area (Å²) in [5.74, 6) is 0.602. The molecule has 0 atom stereocenters. The van der Waals surface area contributed by atoms with Crippen LogP contribution in [0.25, 0.3) is 0 Å². The molecule has 1 amide bonds. The van der Waals surface area contributed by atoms with E-state index in [1.807, 2.05) is 4.90 Å². The summed E-state index contributed by atoms with van der Waals surface area (Å²) in [6, 6.07) is 0.326.